The highest BCUT2D eigenvalue weighted by Gasteiger charge is 2.29. The van der Waals surface area contributed by atoms with Gasteiger partial charge in [-0.3, -0.25) is 9.89 Å². The van der Waals surface area contributed by atoms with Crippen molar-refractivity contribution < 1.29 is 13.9 Å². The number of aromatic amines is 1. The van der Waals surface area contributed by atoms with Crippen LogP contribution in [0.1, 0.15) is 37.5 Å². The standard InChI is InChI=1S/C16H19FN4O2/c17-12-5-1-2-7-14(12)23-10-8-15(22)21-9-4-3-6-13(21)16-18-11-19-20-16/h1-2,5,7,11,13H,3-4,6,8-10H2,(H,18,19,20)/t13-/m0/s1. The van der Waals surface area contributed by atoms with E-state index >= 15 is 0 Å². The fraction of sp³-hybridized carbons (Fsp3) is 0.438. The summed E-state index contributed by atoms with van der Waals surface area (Å²) in [5.41, 5.74) is 0. The Hall–Kier alpha value is -2.44. The maximum Gasteiger partial charge on any atom is 0.226 e. The first-order chi connectivity index (χ1) is 11.3. The molecule has 1 aliphatic heterocycles. The van der Waals surface area contributed by atoms with Gasteiger partial charge >= 0.3 is 0 Å². The number of hydrogen-bond donors (Lipinski definition) is 1. The van der Waals surface area contributed by atoms with E-state index in [4.69, 9.17) is 4.74 Å². The zero-order chi connectivity index (χ0) is 16.1. The third-order valence-corrected chi connectivity index (χ3v) is 3.98. The molecule has 1 N–H and O–H groups in total. The van der Waals surface area contributed by atoms with Gasteiger partial charge in [0, 0.05) is 6.54 Å². The lowest BCUT2D eigenvalue weighted by Crippen LogP contribution is -2.39. The molecule has 1 fully saturated rings. The Kier molecular flexibility index (Phi) is 4.85. The summed E-state index contributed by atoms with van der Waals surface area (Å²) in [6.07, 6.45) is 4.56. The molecule has 0 radical (unpaired) electrons. The molecule has 1 atom stereocenters. The molecule has 0 spiro atoms. The number of amides is 1. The summed E-state index contributed by atoms with van der Waals surface area (Å²) in [6, 6.07) is 6.13. The first-order valence-corrected chi connectivity index (χ1v) is 7.78. The van der Waals surface area contributed by atoms with Crippen LogP contribution in [-0.4, -0.2) is 39.1 Å². The Labute approximate surface area is 133 Å². The predicted molar refractivity (Wildman–Crippen MR) is 81.2 cm³/mol. The molecule has 23 heavy (non-hydrogen) atoms. The molecular formula is C16H19FN4O2. The van der Waals surface area contributed by atoms with E-state index in [2.05, 4.69) is 15.2 Å². The number of H-pyrrole nitrogens is 1. The monoisotopic (exact) mass is 318 g/mol. The van der Waals surface area contributed by atoms with Gasteiger partial charge in [-0.05, 0) is 31.4 Å². The number of piperidine rings is 1. The van der Waals surface area contributed by atoms with Crippen molar-refractivity contribution in [3.05, 3.63) is 42.2 Å². The van der Waals surface area contributed by atoms with E-state index in [1.807, 2.05) is 4.90 Å². The van der Waals surface area contributed by atoms with E-state index in [0.717, 1.165) is 19.3 Å². The minimum atomic E-state index is -0.419. The van der Waals surface area contributed by atoms with Crippen LogP contribution in [0, 0.1) is 5.82 Å². The molecule has 3 rings (SSSR count). The molecule has 1 aromatic heterocycles. The van der Waals surface area contributed by atoms with Crippen molar-refractivity contribution in [2.45, 2.75) is 31.7 Å². The number of carbonyl (C=O) groups is 1. The molecule has 0 unspecified atom stereocenters. The Balaban J connectivity index is 1.57. The summed E-state index contributed by atoms with van der Waals surface area (Å²) in [4.78, 5) is 18.5. The molecule has 2 aromatic rings. The number of ether oxygens (including phenoxy) is 1. The van der Waals surface area contributed by atoms with Gasteiger partial charge in [-0.2, -0.15) is 5.10 Å². The van der Waals surface area contributed by atoms with Crippen LogP contribution in [0.5, 0.6) is 5.75 Å². The van der Waals surface area contributed by atoms with Crippen LogP contribution >= 0.6 is 0 Å². The number of benzene rings is 1. The smallest absolute Gasteiger partial charge is 0.226 e. The molecule has 7 heteroatoms. The molecule has 6 nitrogen and oxygen atoms in total. The van der Waals surface area contributed by atoms with Crippen LogP contribution in [0.3, 0.4) is 0 Å². The molecule has 122 valence electrons. The van der Waals surface area contributed by atoms with Crippen LogP contribution < -0.4 is 4.74 Å². The fourth-order valence-corrected chi connectivity index (χ4v) is 2.84. The van der Waals surface area contributed by atoms with Crippen molar-refractivity contribution in [2.75, 3.05) is 13.2 Å². The Morgan fingerprint density at radius 3 is 3.04 bits per heavy atom. The second kappa shape index (κ2) is 7.21. The molecule has 0 aliphatic carbocycles. The largest absolute Gasteiger partial charge is 0.490 e. The lowest BCUT2D eigenvalue weighted by atomic mass is 10.0. The molecule has 0 bridgehead atoms. The third-order valence-electron chi connectivity index (χ3n) is 3.98. The highest BCUT2D eigenvalue weighted by atomic mass is 19.1. The summed E-state index contributed by atoms with van der Waals surface area (Å²) < 4.78 is 18.8. The molecule has 1 amide bonds. The molecule has 1 aromatic carbocycles. The van der Waals surface area contributed by atoms with E-state index in [1.54, 1.807) is 18.2 Å². The maximum absolute atomic E-state index is 13.5. The fourth-order valence-electron chi connectivity index (χ4n) is 2.84. The number of hydrogen-bond acceptors (Lipinski definition) is 4. The van der Waals surface area contributed by atoms with Crippen LogP contribution in [0.4, 0.5) is 4.39 Å². The van der Waals surface area contributed by atoms with Crippen LogP contribution in [0.2, 0.25) is 0 Å². The molecule has 1 saturated heterocycles. The first kappa shape index (κ1) is 15.5. The van der Waals surface area contributed by atoms with Gasteiger partial charge in [-0.15, -0.1) is 0 Å². The van der Waals surface area contributed by atoms with Gasteiger partial charge in [0.2, 0.25) is 5.91 Å². The van der Waals surface area contributed by atoms with Crippen molar-refractivity contribution >= 4 is 5.91 Å². The second-order valence-electron chi connectivity index (χ2n) is 5.50. The van der Waals surface area contributed by atoms with Gasteiger partial charge in [0.05, 0.1) is 19.1 Å². The minimum Gasteiger partial charge on any atom is -0.490 e. The number of likely N-dealkylation sites (tertiary alicyclic amines) is 1. The van der Waals surface area contributed by atoms with Gasteiger partial charge in [0.25, 0.3) is 0 Å². The van der Waals surface area contributed by atoms with E-state index < -0.39 is 5.82 Å². The van der Waals surface area contributed by atoms with Crippen molar-refractivity contribution in [2.24, 2.45) is 0 Å². The second-order valence-corrected chi connectivity index (χ2v) is 5.50. The summed E-state index contributed by atoms with van der Waals surface area (Å²) in [5.74, 6) is 0.457. The van der Waals surface area contributed by atoms with Gasteiger partial charge in [-0.25, -0.2) is 9.37 Å². The molecular weight excluding hydrogens is 299 g/mol. The number of nitrogens with one attached hydrogen (secondary N) is 1. The highest BCUT2D eigenvalue weighted by molar-refractivity contribution is 5.76. The Morgan fingerprint density at radius 1 is 1.39 bits per heavy atom. The Bertz CT molecular complexity index is 647. The minimum absolute atomic E-state index is 0.0116. The molecule has 2 heterocycles. The van der Waals surface area contributed by atoms with Gasteiger partial charge in [0.15, 0.2) is 11.6 Å². The SMILES string of the molecule is O=C(CCOc1ccccc1F)N1CCCC[C@H]1c1ncn[nH]1. The van der Waals surface area contributed by atoms with Crippen molar-refractivity contribution in [1.29, 1.82) is 0 Å². The van der Waals surface area contributed by atoms with Crippen molar-refractivity contribution in [3.8, 4) is 5.75 Å². The van der Waals surface area contributed by atoms with Crippen molar-refractivity contribution in [3.63, 3.8) is 0 Å². The van der Waals surface area contributed by atoms with Gasteiger partial charge in [0.1, 0.15) is 12.2 Å². The predicted octanol–water partition coefficient (Wildman–Crippen LogP) is 2.47. The van der Waals surface area contributed by atoms with E-state index in [9.17, 15) is 9.18 Å². The number of carbonyl (C=O) groups excluding carboxylic acids is 1. The van der Waals surface area contributed by atoms with E-state index in [-0.39, 0.29) is 30.7 Å². The number of halogens is 1. The number of para-hydroxylation sites is 1. The lowest BCUT2D eigenvalue weighted by Gasteiger charge is -2.34. The zero-order valence-electron chi connectivity index (χ0n) is 12.7. The normalized spacial score (nSPS) is 18.0. The number of rotatable bonds is 5. The molecule has 1 aliphatic rings. The maximum atomic E-state index is 13.5. The topological polar surface area (TPSA) is 71.1 Å². The number of aromatic nitrogens is 3. The lowest BCUT2D eigenvalue weighted by molar-refractivity contribution is -0.135. The van der Waals surface area contributed by atoms with Gasteiger partial charge in [-0.1, -0.05) is 12.1 Å². The van der Waals surface area contributed by atoms with Gasteiger partial charge < -0.3 is 9.64 Å². The highest BCUT2D eigenvalue weighted by Crippen LogP contribution is 2.29. The third kappa shape index (κ3) is 3.67. The quantitative estimate of drug-likeness (QED) is 0.919. The van der Waals surface area contributed by atoms with E-state index in [1.165, 1.54) is 12.4 Å². The van der Waals surface area contributed by atoms with Crippen LogP contribution in [0.15, 0.2) is 30.6 Å². The number of nitrogens with zero attached hydrogens (tertiary/aromatic N) is 3. The summed E-state index contributed by atoms with van der Waals surface area (Å²) in [7, 11) is 0. The summed E-state index contributed by atoms with van der Waals surface area (Å²) in [6.45, 7) is 0.850. The molecule has 0 saturated carbocycles. The van der Waals surface area contributed by atoms with E-state index in [0.29, 0.717) is 12.4 Å². The first-order valence-electron chi connectivity index (χ1n) is 7.78. The average molecular weight is 318 g/mol. The zero-order valence-corrected chi connectivity index (χ0v) is 12.7. The summed E-state index contributed by atoms with van der Waals surface area (Å²) >= 11 is 0. The Morgan fingerprint density at radius 2 is 2.26 bits per heavy atom. The summed E-state index contributed by atoms with van der Waals surface area (Å²) in [5, 5.41) is 6.71. The van der Waals surface area contributed by atoms with Crippen LogP contribution in [-0.2, 0) is 4.79 Å². The van der Waals surface area contributed by atoms with Crippen molar-refractivity contribution in [1.82, 2.24) is 20.1 Å². The van der Waals surface area contributed by atoms with Crippen LogP contribution in [0.25, 0.3) is 0 Å². The average Bonchev–Trinajstić information content (AvgIpc) is 3.11.